The molecule has 0 amide bonds. The third kappa shape index (κ3) is 4.77. The Labute approximate surface area is 173 Å². The molecule has 0 saturated heterocycles. The molecule has 0 spiro atoms. The summed E-state index contributed by atoms with van der Waals surface area (Å²) < 4.78 is 43.7. The third-order valence-electron chi connectivity index (χ3n) is 3.20. The van der Waals surface area contributed by atoms with Crippen molar-refractivity contribution >= 4 is 23.2 Å². The number of nitrogens with zero attached hydrogens (tertiary/aromatic N) is 2. The van der Waals surface area contributed by atoms with Crippen molar-refractivity contribution in [2.45, 2.75) is 6.61 Å². The Bertz CT molecular complexity index is 800. The van der Waals surface area contributed by atoms with Gasteiger partial charge in [-0.05, 0) is 29.0 Å². The van der Waals surface area contributed by atoms with E-state index in [0.717, 1.165) is 12.1 Å². The van der Waals surface area contributed by atoms with Crippen molar-refractivity contribution in [2.75, 3.05) is 0 Å². The van der Waals surface area contributed by atoms with Gasteiger partial charge in [0.25, 0.3) is 0 Å². The van der Waals surface area contributed by atoms with Crippen LogP contribution in [0.15, 0.2) is 54.9 Å². The zero-order chi connectivity index (χ0) is 15.6. The average molecular weight is 342 g/mol. The van der Waals surface area contributed by atoms with E-state index < -0.39 is 12.4 Å². The SMILES string of the molecule is F[B-](F)(F)c1ccc2cc(OCc3ncccn3)ccc2c1.[K+]. The molecule has 0 bridgehead atoms. The van der Waals surface area contributed by atoms with Gasteiger partial charge in [0.15, 0.2) is 5.82 Å². The van der Waals surface area contributed by atoms with Crippen molar-refractivity contribution in [1.82, 2.24) is 9.97 Å². The molecule has 0 aliphatic heterocycles. The van der Waals surface area contributed by atoms with Gasteiger partial charge in [-0.15, -0.1) is 5.46 Å². The van der Waals surface area contributed by atoms with E-state index >= 15 is 0 Å². The standard InChI is InChI=1S/C15H11BF3N2O.K/c17-16(18,19)13-4-2-12-9-14(5-3-11(12)8-13)22-10-15-20-6-1-7-21-15;/h1-9H,10H2;/q-1;+1. The Morgan fingerprint density at radius 2 is 1.57 bits per heavy atom. The molecule has 0 unspecified atom stereocenters. The Morgan fingerprint density at radius 1 is 0.913 bits per heavy atom. The minimum absolute atomic E-state index is 0. The normalized spacial score (nSPS) is 11.1. The van der Waals surface area contributed by atoms with Gasteiger partial charge in [-0.3, -0.25) is 0 Å². The topological polar surface area (TPSA) is 35.0 Å². The molecule has 0 aliphatic rings. The van der Waals surface area contributed by atoms with Crippen molar-refractivity contribution < 1.29 is 69.1 Å². The zero-order valence-corrected chi connectivity index (χ0v) is 15.5. The molecular formula is C15H11BF3KN2O. The number of ether oxygens (including phenoxy) is 1. The van der Waals surface area contributed by atoms with Gasteiger partial charge in [0.1, 0.15) is 12.4 Å². The maximum Gasteiger partial charge on any atom is 1.00 e. The van der Waals surface area contributed by atoms with Crippen LogP contribution in [0.25, 0.3) is 10.8 Å². The van der Waals surface area contributed by atoms with Crippen LogP contribution in [0.2, 0.25) is 0 Å². The molecule has 0 atom stereocenters. The monoisotopic (exact) mass is 342 g/mol. The summed E-state index contributed by atoms with van der Waals surface area (Å²) >= 11 is 0. The van der Waals surface area contributed by atoms with Crippen LogP contribution in [-0.4, -0.2) is 16.9 Å². The first kappa shape index (κ1) is 18.4. The maximum absolute atomic E-state index is 12.7. The fourth-order valence-electron chi connectivity index (χ4n) is 2.09. The van der Waals surface area contributed by atoms with Crippen molar-refractivity contribution in [1.29, 1.82) is 0 Å². The molecule has 23 heavy (non-hydrogen) atoms. The van der Waals surface area contributed by atoms with Crippen LogP contribution in [0, 0.1) is 0 Å². The van der Waals surface area contributed by atoms with Crippen LogP contribution in [0.1, 0.15) is 5.82 Å². The summed E-state index contributed by atoms with van der Waals surface area (Å²) in [4.78, 5) is 8.07. The molecule has 8 heteroatoms. The van der Waals surface area contributed by atoms with E-state index in [-0.39, 0.29) is 58.0 Å². The van der Waals surface area contributed by atoms with E-state index in [2.05, 4.69) is 9.97 Å². The molecule has 112 valence electrons. The smallest absolute Gasteiger partial charge is 0.486 e. The largest absolute Gasteiger partial charge is 1.00 e. The number of rotatable bonds is 4. The summed E-state index contributed by atoms with van der Waals surface area (Å²) in [5.41, 5.74) is -0.598. The number of benzene rings is 2. The Kier molecular flexibility index (Phi) is 6.21. The summed E-state index contributed by atoms with van der Waals surface area (Å²) in [6.07, 6.45) is 3.24. The molecule has 0 N–H and O–H groups in total. The van der Waals surface area contributed by atoms with Gasteiger partial charge in [-0.2, -0.15) is 0 Å². The van der Waals surface area contributed by atoms with E-state index in [1.165, 1.54) is 6.07 Å². The molecule has 3 aromatic rings. The minimum Gasteiger partial charge on any atom is -0.486 e. The number of halogens is 3. The first-order chi connectivity index (χ1) is 10.5. The van der Waals surface area contributed by atoms with Gasteiger partial charge in [0.2, 0.25) is 0 Å². The van der Waals surface area contributed by atoms with Gasteiger partial charge in [0, 0.05) is 12.4 Å². The molecule has 2 aromatic carbocycles. The van der Waals surface area contributed by atoms with Crippen LogP contribution in [0.5, 0.6) is 5.75 Å². The molecular weight excluding hydrogens is 331 g/mol. The van der Waals surface area contributed by atoms with Crippen LogP contribution < -0.4 is 61.6 Å². The van der Waals surface area contributed by atoms with E-state index in [0.29, 0.717) is 22.3 Å². The average Bonchev–Trinajstić information content (AvgIpc) is 2.52. The fraction of sp³-hybridized carbons (Fsp3) is 0.0667. The summed E-state index contributed by atoms with van der Waals surface area (Å²) in [6.45, 7) is -4.78. The molecule has 0 radical (unpaired) electrons. The second kappa shape index (κ2) is 7.76. The summed E-state index contributed by atoms with van der Waals surface area (Å²) in [5, 5.41) is 1.22. The van der Waals surface area contributed by atoms with Gasteiger partial charge in [-0.1, -0.05) is 24.3 Å². The molecule has 3 nitrogen and oxygen atoms in total. The number of aromatic nitrogens is 2. The maximum atomic E-state index is 12.7. The molecule has 0 saturated carbocycles. The molecule has 0 fully saturated rings. The Morgan fingerprint density at radius 3 is 2.26 bits per heavy atom. The van der Waals surface area contributed by atoms with Gasteiger partial charge in [0.05, 0.1) is 0 Å². The van der Waals surface area contributed by atoms with Crippen molar-refractivity contribution in [3.05, 3.63) is 60.7 Å². The first-order valence-electron chi connectivity index (χ1n) is 6.65. The van der Waals surface area contributed by atoms with Crippen molar-refractivity contribution in [2.24, 2.45) is 0 Å². The van der Waals surface area contributed by atoms with Gasteiger partial charge in [-0.25, -0.2) is 9.97 Å². The fourth-order valence-corrected chi connectivity index (χ4v) is 2.09. The van der Waals surface area contributed by atoms with Crippen LogP contribution in [0.4, 0.5) is 12.9 Å². The molecule has 3 rings (SSSR count). The molecule has 0 aliphatic carbocycles. The first-order valence-corrected chi connectivity index (χ1v) is 6.65. The summed E-state index contributed by atoms with van der Waals surface area (Å²) in [5.74, 6) is 1.10. The minimum atomic E-state index is -4.98. The van der Waals surface area contributed by atoms with Crippen LogP contribution in [0.3, 0.4) is 0 Å². The third-order valence-corrected chi connectivity index (χ3v) is 3.20. The number of fused-ring (bicyclic) bond motifs is 1. The second-order valence-electron chi connectivity index (χ2n) is 4.80. The van der Waals surface area contributed by atoms with E-state index in [4.69, 9.17) is 4.74 Å². The molecule has 1 heterocycles. The Hall–Kier alpha value is -0.929. The van der Waals surface area contributed by atoms with Gasteiger partial charge < -0.3 is 17.7 Å². The van der Waals surface area contributed by atoms with E-state index in [1.54, 1.807) is 36.7 Å². The number of hydrogen-bond donors (Lipinski definition) is 0. The van der Waals surface area contributed by atoms with Crippen molar-refractivity contribution in [3.63, 3.8) is 0 Å². The van der Waals surface area contributed by atoms with E-state index in [9.17, 15) is 12.9 Å². The van der Waals surface area contributed by atoms with Crippen molar-refractivity contribution in [3.8, 4) is 5.75 Å². The molecule has 1 aromatic heterocycles. The quantitative estimate of drug-likeness (QED) is 0.639. The van der Waals surface area contributed by atoms with E-state index in [1.807, 2.05) is 0 Å². The van der Waals surface area contributed by atoms with Gasteiger partial charge >= 0.3 is 58.4 Å². The summed E-state index contributed by atoms with van der Waals surface area (Å²) in [6, 6.07) is 10.3. The zero-order valence-electron chi connectivity index (χ0n) is 12.4. The van der Waals surface area contributed by atoms with Crippen LogP contribution in [-0.2, 0) is 6.61 Å². The predicted octanol–water partition coefficient (Wildman–Crippen LogP) is 0.267. The Balaban J connectivity index is 0.00000192. The predicted molar refractivity (Wildman–Crippen MR) is 79.0 cm³/mol. The van der Waals surface area contributed by atoms with Crippen LogP contribution >= 0.6 is 0 Å². The number of hydrogen-bond acceptors (Lipinski definition) is 3. The summed E-state index contributed by atoms with van der Waals surface area (Å²) in [7, 11) is 0. The second-order valence-corrected chi connectivity index (χ2v) is 4.80.